The number of carbonyl (C=O) groups is 1. The highest BCUT2D eigenvalue weighted by Gasteiger charge is 2.07. The average molecular weight is 341 g/mol. The van der Waals surface area contributed by atoms with Gasteiger partial charge in [-0.1, -0.05) is 6.07 Å². The van der Waals surface area contributed by atoms with Crippen LogP contribution in [0.5, 0.6) is 11.5 Å². The van der Waals surface area contributed by atoms with Crippen molar-refractivity contribution in [3.05, 3.63) is 53.6 Å². The lowest BCUT2D eigenvalue weighted by Gasteiger charge is -2.21. The maximum atomic E-state index is 12.1. The SMILES string of the molecule is CCN(CC)c1ccc(/C=N/NC(=O)c2cccc(OC)c2)c(O)c1. The van der Waals surface area contributed by atoms with Gasteiger partial charge in [0.15, 0.2) is 0 Å². The van der Waals surface area contributed by atoms with Gasteiger partial charge >= 0.3 is 0 Å². The van der Waals surface area contributed by atoms with Crippen molar-refractivity contribution in [1.29, 1.82) is 0 Å². The zero-order valence-corrected chi connectivity index (χ0v) is 14.7. The lowest BCUT2D eigenvalue weighted by molar-refractivity contribution is 0.0954. The zero-order chi connectivity index (χ0) is 18.2. The van der Waals surface area contributed by atoms with E-state index in [1.54, 1.807) is 43.5 Å². The summed E-state index contributed by atoms with van der Waals surface area (Å²) >= 11 is 0. The number of nitrogens with zero attached hydrogens (tertiary/aromatic N) is 2. The third-order valence-electron chi connectivity index (χ3n) is 3.84. The number of hydrogen-bond donors (Lipinski definition) is 2. The Balaban J connectivity index is 2.05. The van der Waals surface area contributed by atoms with E-state index in [4.69, 9.17) is 4.74 Å². The normalized spacial score (nSPS) is 10.7. The Kier molecular flexibility index (Phi) is 6.39. The van der Waals surface area contributed by atoms with E-state index < -0.39 is 0 Å². The standard InChI is InChI=1S/C19H23N3O3/c1-4-22(5-2)16-10-9-15(18(23)12-16)13-20-21-19(24)14-7-6-8-17(11-14)25-3/h6-13,23H,4-5H2,1-3H3,(H,21,24)/b20-13+. The first-order chi connectivity index (χ1) is 12.1. The molecule has 0 bridgehead atoms. The molecule has 0 heterocycles. The fourth-order valence-corrected chi connectivity index (χ4v) is 2.42. The molecule has 6 heteroatoms. The van der Waals surface area contributed by atoms with E-state index in [0.717, 1.165) is 18.8 Å². The van der Waals surface area contributed by atoms with Crippen molar-refractivity contribution in [2.24, 2.45) is 5.10 Å². The Labute approximate surface area is 147 Å². The summed E-state index contributed by atoms with van der Waals surface area (Å²) in [7, 11) is 1.54. The molecular weight excluding hydrogens is 318 g/mol. The van der Waals surface area contributed by atoms with Gasteiger partial charge in [0, 0.05) is 36.0 Å². The number of benzene rings is 2. The molecule has 2 aromatic carbocycles. The Morgan fingerprint density at radius 3 is 2.64 bits per heavy atom. The van der Waals surface area contributed by atoms with Gasteiger partial charge in [-0.15, -0.1) is 0 Å². The van der Waals surface area contributed by atoms with Crippen LogP contribution in [0.3, 0.4) is 0 Å². The van der Waals surface area contributed by atoms with Crippen LogP contribution in [0.1, 0.15) is 29.8 Å². The summed E-state index contributed by atoms with van der Waals surface area (Å²) < 4.78 is 5.09. The van der Waals surface area contributed by atoms with Crippen molar-refractivity contribution in [1.82, 2.24) is 5.43 Å². The molecule has 0 unspecified atom stereocenters. The van der Waals surface area contributed by atoms with Crippen molar-refractivity contribution < 1.29 is 14.6 Å². The maximum Gasteiger partial charge on any atom is 0.271 e. The summed E-state index contributed by atoms with van der Waals surface area (Å²) in [5.74, 6) is 0.361. The van der Waals surface area contributed by atoms with Gasteiger partial charge in [-0.3, -0.25) is 4.79 Å². The number of phenols is 1. The lowest BCUT2D eigenvalue weighted by atomic mass is 10.2. The number of methoxy groups -OCH3 is 1. The van der Waals surface area contributed by atoms with Crippen molar-refractivity contribution in [3.8, 4) is 11.5 Å². The van der Waals surface area contributed by atoms with Crippen molar-refractivity contribution in [2.75, 3.05) is 25.1 Å². The van der Waals surface area contributed by atoms with Crippen LogP contribution < -0.4 is 15.1 Å². The van der Waals surface area contributed by atoms with Crippen LogP contribution >= 0.6 is 0 Å². The first-order valence-electron chi connectivity index (χ1n) is 8.14. The highest BCUT2D eigenvalue weighted by atomic mass is 16.5. The van der Waals surface area contributed by atoms with E-state index in [0.29, 0.717) is 16.9 Å². The number of hydrogen-bond acceptors (Lipinski definition) is 5. The molecule has 2 N–H and O–H groups in total. The van der Waals surface area contributed by atoms with Gasteiger partial charge in [-0.05, 0) is 44.2 Å². The van der Waals surface area contributed by atoms with Gasteiger partial charge in [-0.25, -0.2) is 5.43 Å². The Hall–Kier alpha value is -3.02. The lowest BCUT2D eigenvalue weighted by Crippen LogP contribution is -2.21. The number of phenolic OH excluding ortho intramolecular Hbond substituents is 1. The monoisotopic (exact) mass is 341 g/mol. The van der Waals surface area contributed by atoms with Gasteiger partial charge in [0.25, 0.3) is 5.91 Å². The molecule has 1 amide bonds. The van der Waals surface area contributed by atoms with Gasteiger partial charge in [0.2, 0.25) is 0 Å². The Bertz CT molecular complexity index is 755. The predicted octanol–water partition coefficient (Wildman–Crippen LogP) is 3.01. The minimum absolute atomic E-state index is 0.115. The third-order valence-corrected chi connectivity index (χ3v) is 3.84. The van der Waals surface area contributed by atoms with E-state index in [1.165, 1.54) is 6.21 Å². The number of amides is 1. The molecule has 6 nitrogen and oxygen atoms in total. The first kappa shape index (κ1) is 18.3. The quantitative estimate of drug-likeness (QED) is 0.600. The molecule has 2 rings (SSSR count). The largest absolute Gasteiger partial charge is 0.507 e. The highest BCUT2D eigenvalue weighted by Crippen LogP contribution is 2.23. The third kappa shape index (κ3) is 4.73. The fourth-order valence-electron chi connectivity index (χ4n) is 2.42. The zero-order valence-electron chi connectivity index (χ0n) is 14.7. The molecule has 0 radical (unpaired) electrons. The van der Waals surface area contributed by atoms with E-state index in [2.05, 4.69) is 29.3 Å². The second kappa shape index (κ2) is 8.73. The minimum Gasteiger partial charge on any atom is -0.507 e. The van der Waals surface area contributed by atoms with Crippen molar-refractivity contribution in [3.63, 3.8) is 0 Å². The summed E-state index contributed by atoms with van der Waals surface area (Å²) in [6.45, 7) is 5.84. The van der Waals surface area contributed by atoms with Crippen LogP contribution in [0.4, 0.5) is 5.69 Å². The molecule has 0 aliphatic carbocycles. The van der Waals surface area contributed by atoms with Crippen molar-refractivity contribution in [2.45, 2.75) is 13.8 Å². The summed E-state index contributed by atoms with van der Waals surface area (Å²) in [5.41, 5.74) is 4.36. The number of rotatable bonds is 7. The summed E-state index contributed by atoms with van der Waals surface area (Å²) in [5, 5.41) is 14.0. The molecule has 132 valence electrons. The van der Waals surface area contributed by atoms with Gasteiger partial charge in [0.05, 0.1) is 13.3 Å². The van der Waals surface area contributed by atoms with E-state index in [9.17, 15) is 9.90 Å². The van der Waals surface area contributed by atoms with Crippen LogP contribution in [-0.2, 0) is 0 Å². The first-order valence-corrected chi connectivity index (χ1v) is 8.14. The highest BCUT2D eigenvalue weighted by molar-refractivity contribution is 5.95. The van der Waals surface area contributed by atoms with Crippen LogP contribution in [0, 0.1) is 0 Å². The molecule has 0 spiro atoms. The molecule has 0 saturated heterocycles. The number of anilines is 1. The van der Waals surface area contributed by atoms with E-state index in [-0.39, 0.29) is 11.7 Å². The Morgan fingerprint density at radius 1 is 1.24 bits per heavy atom. The van der Waals surface area contributed by atoms with E-state index >= 15 is 0 Å². The van der Waals surface area contributed by atoms with Gasteiger partial charge in [-0.2, -0.15) is 5.10 Å². The molecule has 0 fully saturated rings. The molecule has 2 aromatic rings. The van der Waals surface area contributed by atoms with Gasteiger partial charge < -0.3 is 14.7 Å². The fraction of sp³-hybridized carbons (Fsp3) is 0.263. The van der Waals surface area contributed by atoms with Gasteiger partial charge in [0.1, 0.15) is 11.5 Å². The minimum atomic E-state index is -0.352. The summed E-state index contributed by atoms with van der Waals surface area (Å²) in [6, 6.07) is 12.2. The van der Waals surface area contributed by atoms with Crippen LogP contribution in [0.25, 0.3) is 0 Å². The molecule has 0 aliphatic heterocycles. The van der Waals surface area contributed by atoms with Crippen LogP contribution in [0.15, 0.2) is 47.6 Å². The molecular formula is C19H23N3O3. The van der Waals surface area contributed by atoms with E-state index in [1.807, 2.05) is 6.07 Å². The second-order valence-electron chi connectivity index (χ2n) is 5.35. The number of hydrazone groups is 1. The topological polar surface area (TPSA) is 74.2 Å². The summed E-state index contributed by atoms with van der Waals surface area (Å²) in [4.78, 5) is 14.2. The number of carbonyl (C=O) groups excluding carboxylic acids is 1. The smallest absolute Gasteiger partial charge is 0.271 e. The summed E-state index contributed by atoms with van der Waals surface area (Å²) in [6.07, 6.45) is 1.42. The van der Waals surface area contributed by atoms with Crippen LogP contribution in [0.2, 0.25) is 0 Å². The average Bonchev–Trinajstić information content (AvgIpc) is 2.64. The molecule has 0 atom stereocenters. The number of nitrogens with one attached hydrogen (secondary N) is 1. The second-order valence-corrected chi connectivity index (χ2v) is 5.35. The predicted molar refractivity (Wildman–Crippen MR) is 99.7 cm³/mol. The molecule has 0 saturated carbocycles. The maximum absolute atomic E-state index is 12.1. The van der Waals surface area contributed by atoms with Crippen LogP contribution in [-0.4, -0.2) is 37.4 Å². The number of ether oxygens (including phenoxy) is 1. The Morgan fingerprint density at radius 2 is 2.00 bits per heavy atom. The van der Waals surface area contributed by atoms with Crippen molar-refractivity contribution >= 4 is 17.8 Å². The molecule has 25 heavy (non-hydrogen) atoms. The molecule has 0 aromatic heterocycles. The number of aromatic hydroxyl groups is 1. The molecule has 0 aliphatic rings.